The van der Waals surface area contributed by atoms with Crippen molar-refractivity contribution in [3.63, 3.8) is 0 Å². The van der Waals surface area contributed by atoms with Crippen LogP contribution in [0.2, 0.25) is 0 Å². The summed E-state index contributed by atoms with van der Waals surface area (Å²) in [4.78, 5) is 41.0. The molecule has 0 radical (unpaired) electrons. The molecule has 0 aromatic heterocycles. The Labute approximate surface area is 166 Å². The molecule has 1 aromatic carbocycles. The molecule has 2 fully saturated rings. The summed E-state index contributed by atoms with van der Waals surface area (Å²) < 4.78 is 0. The fourth-order valence-corrected chi connectivity index (χ4v) is 3.93. The summed E-state index contributed by atoms with van der Waals surface area (Å²) in [6.45, 7) is 4.20. The van der Waals surface area contributed by atoms with E-state index in [0.29, 0.717) is 25.9 Å². The first-order valence-corrected chi connectivity index (χ1v) is 10.2. The molecule has 3 amide bonds. The van der Waals surface area contributed by atoms with Gasteiger partial charge in [0.2, 0.25) is 11.8 Å². The lowest BCUT2D eigenvalue weighted by atomic mass is 9.94. The molecule has 150 valence electrons. The number of carbonyl (C=O) groups excluding carboxylic acids is 3. The second-order valence-corrected chi connectivity index (χ2v) is 7.60. The number of piperidine rings is 2. The van der Waals surface area contributed by atoms with Crippen molar-refractivity contribution in [3.8, 4) is 0 Å². The quantitative estimate of drug-likeness (QED) is 0.812. The first kappa shape index (κ1) is 20.1. The van der Waals surface area contributed by atoms with E-state index < -0.39 is 0 Å². The van der Waals surface area contributed by atoms with Crippen LogP contribution < -0.4 is 5.32 Å². The minimum atomic E-state index is -0.273. The number of likely N-dealkylation sites (tertiary alicyclic amines) is 2. The zero-order valence-corrected chi connectivity index (χ0v) is 16.5. The van der Waals surface area contributed by atoms with E-state index >= 15 is 0 Å². The molecular formula is C22H29N3O3. The van der Waals surface area contributed by atoms with Crippen molar-refractivity contribution in [2.24, 2.45) is 5.92 Å². The van der Waals surface area contributed by atoms with Gasteiger partial charge in [-0.15, -0.1) is 0 Å². The highest BCUT2D eigenvalue weighted by Crippen LogP contribution is 2.23. The molecule has 3 rings (SSSR count). The van der Waals surface area contributed by atoms with Gasteiger partial charge in [-0.2, -0.15) is 0 Å². The summed E-state index contributed by atoms with van der Waals surface area (Å²) in [5, 5.41) is 2.67. The van der Waals surface area contributed by atoms with Crippen molar-refractivity contribution >= 4 is 23.8 Å². The first-order valence-electron chi connectivity index (χ1n) is 10.2. The second kappa shape index (κ2) is 9.53. The molecule has 2 aliphatic heterocycles. The van der Waals surface area contributed by atoms with E-state index in [1.54, 1.807) is 11.0 Å². The van der Waals surface area contributed by atoms with Gasteiger partial charge in [0.05, 0.1) is 0 Å². The monoisotopic (exact) mass is 383 g/mol. The molecule has 0 spiro atoms. The van der Waals surface area contributed by atoms with E-state index in [9.17, 15) is 14.4 Å². The van der Waals surface area contributed by atoms with Gasteiger partial charge in [-0.05, 0) is 43.7 Å². The molecule has 28 heavy (non-hydrogen) atoms. The first-order chi connectivity index (χ1) is 13.5. The number of hydrogen-bond donors (Lipinski definition) is 1. The van der Waals surface area contributed by atoms with Crippen LogP contribution in [0.3, 0.4) is 0 Å². The topological polar surface area (TPSA) is 69.7 Å². The third-order valence-corrected chi connectivity index (χ3v) is 5.45. The lowest BCUT2D eigenvalue weighted by molar-refractivity contribution is -0.140. The standard InChI is InChI=1S/C22H29N3O3/c1-17(26)23-20(16-18-8-4-2-5-9-18)22(28)25-14-10-19(11-15-25)21(27)24-12-6-3-7-13-24/h2,4-5,8-9,16,19H,3,6-7,10-15H2,1H3,(H,23,26)/b20-16-. The molecule has 2 aliphatic rings. The maximum absolute atomic E-state index is 13.0. The number of amides is 3. The maximum atomic E-state index is 13.0. The summed E-state index contributed by atoms with van der Waals surface area (Å²) in [5.74, 6) is -0.216. The van der Waals surface area contributed by atoms with Crippen LogP contribution in [0.4, 0.5) is 0 Å². The van der Waals surface area contributed by atoms with E-state index in [1.807, 2.05) is 35.2 Å². The van der Waals surface area contributed by atoms with Crippen LogP contribution in [0, 0.1) is 5.92 Å². The van der Waals surface area contributed by atoms with Gasteiger partial charge in [0.15, 0.2) is 0 Å². The molecule has 6 heteroatoms. The zero-order valence-electron chi connectivity index (χ0n) is 16.5. The van der Waals surface area contributed by atoms with Crippen molar-refractivity contribution in [3.05, 3.63) is 41.6 Å². The molecule has 0 saturated carbocycles. The van der Waals surface area contributed by atoms with Crippen LogP contribution in [0.15, 0.2) is 36.0 Å². The van der Waals surface area contributed by atoms with Crippen LogP contribution >= 0.6 is 0 Å². The maximum Gasteiger partial charge on any atom is 0.270 e. The second-order valence-electron chi connectivity index (χ2n) is 7.60. The number of hydrogen-bond acceptors (Lipinski definition) is 3. The summed E-state index contributed by atoms with van der Waals surface area (Å²) in [5.41, 5.74) is 1.13. The lowest BCUT2D eigenvalue weighted by Crippen LogP contribution is -2.47. The highest BCUT2D eigenvalue weighted by molar-refractivity contribution is 6.01. The number of benzene rings is 1. The van der Waals surface area contributed by atoms with E-state index in [4.69, 9.17) is 0 Å². The number of rotatable bonds is 4. The predicted octanol–water partition coefficient (Wildman–Crippen LogP) is 2.41. The van der Waals surface area contributed by atoms with E-state index in [1.165, 1.54) is 13.3 Å². The van der Waals surface area contributed by atoms with Crippen LogP contribution in [0.25, 0.3) is 6.08 Å². The normalized spacial score (nSPS) is 18.7. The Morgan fingerprint density at radius 3 is 2.18 bits per heavy atom. The summed E-state index contributed by atoms with van der Waals surface area (Å²) in [7, 11) is 0. The Bertz CT molecular complexity index is 731. The molecule has 1 N–H and O–H groups in total. The summed E-state index contributed by atoms with van der Waals surface area (Å²) >= 11 is 0. The van der Waals surface area contributed by atoms with Gasteiger partial charge in [0.1, 0.15) is 5.70 Å². The molecule has 0 bridgehead atoms. The third kappa shape index (κ3) is 5.21. The predicted molar refractivity (Wildman–Crippen MR) is 108 cm³/mol. The average molecular weight is 383 g/mol. The van der Waals surface area contributed by atoms with Crippen molar-refractivity contribution in [2.75, 3.05) is 26.2 Å². The lowest BCUT2D eigenvalue weighted by Gasteiger charge is -2.35. The number of nitrogens with one attached hydrogen (secondary N) is 1. The Hall–Kier alpha value is -2.63. The SMILES string of the molecule is CC(=O)N/C(=C\c1ccccc1)C(=O)N1CCC(C(=O)N2CCCCC2)CC1. The molecule has 6 nitrogen and oxygen atoms in total. The fraction of sp³-hybridized carbons (Fsp3) is 0.500. The molecule has 1 aromatic rings. The Balaban J connectivity index is 1.62. The van der Waals surface area contributed by atoms with Crippen molar-refractivity contribution in [1.29, 1.82) is 0 Å². The van der Waals surface area contributed by atoms with E-state index in [-0.39, 0.29) is 29.3 Å². The van der Waals surface area contributed by atoms with Gasteiger partial charge < -0.3 is 15.1 Å². The van der Waals surface area contributed by atoms with Crippen molar-refractivity contribution in [2.45, 2.75) is 39.0 Å². The molecule has 0 atom stereocenters. The van der Waals surface area contributed by atoms with Crippen LogP contribution in [0.1, 0.15) is 44.6 Å². The highest BCUT2D eigenvalue weighted by atomic mass is 16.2. The molecule has 2 saturated heterocycles. The van der Waals surface area contributed by atoms with E-state index in [0.717, 1.165) is 31.5 Å². The van der Waals surface area contributed by atoms with Gasteiger partial charge >= 0.3 is 0 Å². The minimum absolute atomic E-state index is 0.00414. The molecule has 0 unspecified atom stereocenters. The molecule has 0 aliphatic carbocycles. The van der Waals surface area contributed by atoms with Crippen LogP contribution in [-0.4, -0.2) is 53.7 Å². The third-order valence-electron chi connectivity index (χ3n) is 5.45. The van der Waals surface area contributed by atoms with Crippen molar-refractivity contribution in [1.82, 2.24) is 15.1 Å². The Morgan fingerprint density at radius 2 is 1.57 bits per heavy atom. The van der Waals surface area contributed by atoms with Gasteiger partial charge in [-0.1, -0.05) is 30.3 Å². The van der Waals surface area contributed by atoms with Gasteiger partial charge in [0.25, 0.3) is 5.91 Å². The van der Waals surface area contributed by atoms with Crippen LogP contribution in [0.5, 0.6) is 0 Å². The minimum Gasteiger partial charge on any atom is -0.342 e. The fourth-order valence-electron chi connectivity index (χ4n) is 3.93. The highest BCUT2D eigenvalue weighted by Gasteiger charge is 2.31. The molecule has 2 heterocycles. The smallest absolute Gasteiger partial charge is 0.270 e. The van der Waals surface area contributed by atoms with Gasteiger partial charge in [-0.25, -0.2) is 0 Å². The summed E-state index contributed by atoms with van der Waals surface area (Å²) in [6, 6.07) is 9.46. The average Bonchev–Trinajstić information content (AvgIpc) is 2.73. The van der Waals surface area contributed by atoms with Crippen molar-refractivity contribution < 1.29 is 14.4 Å². The van der Waals surface area contributed by atoms with E-state index in [2.05, 4.69) is 5.32 Å². The van der Waals surface area contributed by atoms with Crippen LogP contribution in [-0.2, 0) is 14.4 Å². The Morgan fingerprint density at radius 1 is 0.929 bits per heavy atom. The molecular weight excluding hydrogens is 354 g/mol. The Kier molecular flexibility index (Phi) is 6.85. The zero-order chi connectivity index (χ0) is 19.9. The van der Waals surface area contributed by atoms with Gasteiger partial charge in [0, 0.05) is 39.0 Å². The van der Waals surface area contributed by atoms with Gasteiger partial charge in [-0.3, -0.25) is 14.4 Å². The number of carbonyl (C=O) groups is 3. The summed E-state index contributed by atoms with van der Waals surface area (Å²) in [6.07, 6.45) is 6.45. The number of nitrogens with zero attached hydrogens (tertiary/aromatic N) is 2. The largest absolute Gasteiger partial charge is 0.342 e.